The minimum absolute atomic E-state index is 0.896. The van der Waals surface area contributed by atoms with Crippen molar-refractivity contribution in [2.24, 2.45) is 17.8 Å². The zero-order chi connectivity index (χ0) is 10.1. The zero-order valence-electron chi connectivity index (χ0n) is 9.88. The molecule has 0 aromatic rings. The highest BCUT2D eigenvalue weighted by atomic mass is 14.9. The first-order valence-electron chi connectivity index (χ1n) is 7.17. The van der Waals surface area contributed by atoms with Crippen molar-refractivity contribution in [3.05, 3.63) is 0 Å². The smallest absolute Gasteiger partial charge is 0.00959 e. The Bertz CT molecular complexity index is 207. The van der Waals surface area contributed by atoms with Crippen molar-refractivity contribution in [2.45, 2.75) is 63.8 Å². The van der Waals surface area contributed by atoms with Gasteiger partial charge in [0.25, 0.3) is 0 Å². The Morgan fingerprint density at radius 3 is 2.27 bits per heavy atom. The van der Waals surface area contributed by atoms with Crippen molar-refractivity contribution in [1.29, 1.82) is 0 Å². The molecule has 1 N–H and O–H groups in total. The second kappa shape index (κ2) is 4.45. The summed E-state index contributed by atoms with van der Waals surface area (Å²) in [5.41, 5.74) is 0. The lowest BCUT2D eigenvalue weighted by atomic mass is 9.66. The van der Waals surface area contributed by atoms with Crippen molar-refractivity contribution in [2.75, 3.05) is 6.54 Å². The SMILES string of the molecule is C1CCC2CC(C3CCCN3)CCC2C1. The van der Waals surface area contributed by atoms with Gasteiger partial charge in [-0.05, 0) is 56.4 Å². The van der Waals surface area contributed by atoms with E-state index in [2.05, 4.69) is 5.32 Å². The molecule has 1 aliphatic heterocycles. The lowest BCUT2D eigenvalue weighted by Gasteiger charge is -2.41. The topological polar surface area (TPSA) is 12.0 Å². The quantitative estimate of drug-likeness (QED) is 0.695. The summed E-state index contributed by atoms with van der Waals surface area (Å²) in [6.45, 7) is 1.29. The number of fused-ring (bicyclic) bond motifs is 1. The van der Waals surface area contributed by atoms with Crippen LogP contribution in [0, 0.1) is 17.8 Å². The Morgan fingerprint density at radius 2 is 1.47 bits per heavy atom. The number of hydrogen-bond acceptors (Lipinski definition) is 1. The van der Waals surface area contributed by atoms with Crippen LogP contribution in [-0.4, -0.2) is 12.6 Å². The van der Waals surface area contributed by atoms with Crippen LogP contribution in [0.2, 0.25) is 0 Å². The van der Waals surface area contributed by atoms with Crippen LogP contribution in [-0.2, 0) is 0 Å². The van der Waals surface area contributed by atoms with Crippen molar-refractivity contribution in [3.8, 4) is 0 Å². The van der Waals surface area contributed by atoms with Crippen LogP contribution in [0.3, 0.4) is 0 Å². The van der Waals surface area contributed by atoms with Gasteiger partial charge in [0, 0.05) is 6.04 Å². The third-order valence-corrected chi connectivity index (χ3v) is 5.25. The molecular formula is C14H25N. The summed E-state index contributed by atoms with van der Waals surface area (Å²) in [5.74, 6) is 3.27. The first kappa shape index (κ1) is 10.1. The van der Waals surface area contributed by atoms with E-state index in [4.69, 9.17) is 0 Å². The van der Waals surface area contributed by atoms with Crippen molar-refractivity contribution in [3.63, 3.8) is 0 Å². The fraction of sp³-hybridized carbons (Fsp3) is 1.00. The molecule has 1 heteroatoms. The Labute approximate surface area is 94.0 Å². The summed E-state index contributed by atoms with van der Waals surface area (Å²) >= 11 is 0. The molecule has 0 radical (unpaired) electrons. The van der Waals surface area contributed by atoms with Gasteiger partial charge in [-0.1, -0.05) is 25.7 Å². The number of rotatable bonds is 1. The number of hydrogen-bond donors (Lipinski definition) is 1. The standard InChI is InChI=1S/C14H25N/c1-2-5-12-10-13(8-7-11(12)4-1)14-6-3-9-15-14/h11-15H,1-10H2. The average molecular weight is 207 g/mol. The van der Waals surface area contributed by atoms with Gasteiger partial charge >= 0.3 is 0 Å². The Morgan fingerprint density at radius 1 is 0.667 bits per heavy atom. The van der Waals surface area contributed by atoms with E-state index in [0.29, 0.717) is 0 Å². The largest absolute Gasteiger partial charge is 0.314 e. The molecule has 15 heavy (non-hydrogen) atoms. The molecule has 0 aromatic heterocycles. The van der Waals surface area contributed by atoms with Crippen LogP contribution < -0.4 is 5.32 Å². The van der Waals surface area contributed by atoms with Gasteiger partial charge in [-0.3, -0.25) is 0 Å². The molecule has 3 fully saturated rings. The maximum Gasteiger partial charge on any atom is 0.00959 e. The van der Waals surface area contributed by atoms with Gasteiger partial charge in [-0.25, -0.2) is 0 Å². The van der Waals surface area contributed by atoms with Gasteiger partial charge in [-0.15, -0.1) is 0 Å². The van der Waals surface area contributed by atoms with E-state index < -0.39 is 0 Å². The summed E-state index contributed by atoms with van der Waals surface area (Å²) in [6, 6.07) is 0.896. The van der Waals surface area contributed by atoms with E-state index in [0.717, 1.165) is 23.8 Å². The van der Waals surface area contributed by atoms with Crippen LogP contribution in [0.15, 0.2) is 0 Å². The second-order valence-corrected chi connectivity index (χ2v) is 6.08. The fourth-order valence-electron chi connectivity index (χ4n) is 4.39. The highest BCUT2D eigenvalue weighted by molar-refractivity contribution is 4.90. The van der Waals surface area contributed by atoms with Crippen molar-refractivity contribution >= 4 is 0 Å². The van der Waals surface area contributed by atoms with Crippen molar-refractivity contribution in [1.82, 2.24) is 5.32 Å². The minimum atomic E-state index is 0.896. The Hall–Kier alpha value is -0.0400. The molecule has 0 bridgehead atoms. The maximum atomic E-state index is 3.72. The van der Waals surface area contributed by atoms with Crippen molar-refractivity contribution < 1.29 is 0 Å². The predicted octanol–water partition coefficient (Wildman–Crippen LogP) is 3.34. The predicted molar refractivity (Wildman–Crippen MR) is 63.8 cm³/mol. The number of nitrogens with one attached hydrogen (secondary N) is 1. The third-order valence-electron chi connectivity index (χ3n) is 5.25. The van der Waals surface area contributed by atoms with Crippen LogP contribution in [0.5, 0.6) is 0 Å². The highest BCUT2D eigenvalue weighted by Crippen LogP contribution is 2.44. The molecule has 0 aromatic carbocycles. The van der Waals surface area contributed by atoms with E-state index in [1.165, 1.54) is 38.6 Å². The monoisotopic (exact) mass is 207 g/mol. The molecule has 2 aliphatic carbocycles. The lowest BCUT2D eigenvalue weighted by molar-refractivity contribution is 0.113. The molecule has 1 heterocycles. The summed E-state index contributed by atoms with van der Waals surface area (Å²) in [5, 5.41) is 3.72. The zero-order valence-corrected chi connectivity index (χ0v) is 9.88. The molecule has 3 rings (SSSR count). The van der Waals surface area contributed by atoms with Gasteiger partial charge in [-0.2, -0.15) is 0 Å². The molecule has 4 atom stereocenters. The van der Waals surface area contributed by atoms with E-state index in [9.17, 15) is 0 Å². The van der Waals surface area contributed by atoms with Crippen LogP contribution in [0.1, 0.15) is 57.8 Å². The van der Waals surface area contributed by atoms with Gasteiger partial charge in [0.2, 0.25) is 0 Å². The van der Waals surface area contributed by atoms with E-state index in [1.807, 2.05) is 0 Å². The third kappa shape index (κ3) is 2.08. The maximum absolute atomic E-state index is 3.72. The molecule has 3 aliphatic rings. The summed E-state index contributed by atoms with van der Waals surface area (Å²) < 4.78 is 0. The molecule has 1 saturated heterocycles. The molecule has 4 unspecified atom stereocenters. The van der Waals surface area contributed by atoms with E-state index in [1.54, 1.807) is 25.7 Å². The molecular weight excluding hydrogens is 182 g/mol. The first-order valence-corrected chi connectivity index (χ1v) is 7.17. The van der Waals surface area contributed by atoms with Crippen LogP contribution >= 0.6 is 0 Å². The lowest BCUT2D eigenvalue weighted by Crippen LogP contribution is -2.37. The summed E-state index contributed by atoms with van der Waals surface area (Å²) in [6.07, 6.45) is 13.7. The van der Waals surface area contributed by atoms with E-state index >= 15 is 0 Å². The van der Waals surface area contributed by atoms with Gasteiger partial charge < -0.3 is 5.32 Å². The minimum Gasteiger partial charge on any atom is -0.314 e. The fourth-order valence-corrected chi connectivity index (χ4v) is 4.39. The first-order chi connectivity index (χ1) is 7.43. The average Bonchev–Trinajstić information content (AvgIpc) is 2.82. The Kier molecular flexibility index (Phi) is 3.01. The molecule has 0 amide bonds. The normalized spacial score (nSPS) is 46.4. The molecule has 2 saturated carbocycles. The van der Waals surface area contributed by atoms with Crippen LogP contribution in [0.4, 0.5) is 0 Å². The highest BCUT2D eigenvalue weighted by Gasteiger charge is 2.35. The summed E-state index contributed by atoms with van der Waals surface area (Å²) in [4.78, 5) is 0. The molecule has 86 valence electrons. The molecule has 0 spiro atoms. The van der Waals surface area contributed by atoms with E-state index in [-0.39, 0.29) is 0 Å². The van der Waals surface area contributed by atoms with Gasteiger partial charge in [0.15, 0.2) is 0 Å². The second-order valence-electron chi connectivity index (χ2n) is 6.08. The van der Waals surface area contributed by atoms with Crippen LogP contribution in [0.25, 0.3) is 0 Å². The summed E-state index contributed by atoms with van der Waals surface area (Å²) in [7, 11) is 0. The Balaban J connectivity index is 1.59. The van der Waals surface area contributed by atoms with Gasteiger partial charge in [0.05, 0.1) is 0 Å². The molecule has 1 nitrogen and oxygen atoms in total. The van der Waals surface area contributed by atoms with Gasteiger partial charge in [0.1, 0.15) is 0 Å².